The molecule has 0 aliphatic rings. The molecule has 1 radical (unpaired) electrons. The van der Waals surface area contributed by atoms with Gasteiger partial charge in [-0.1, -0.05) is 0 Å². The van der Waals surface area contributed by atoms with Crippen molar-refractivity contribution >= 4 is 17.6 Å². The Morgan fingerprint density at radius 1 is 1.29 bits per heavy atom. The van der Waals surface area contributed by atoms with E-state index in [1.54, 1.807) is 6.55 Å². The number of alkyl halides is 3. The molecule has 0 aromatic heterocycles. The van der Waals surface area contributed by atoms with E-state index in [4.69, 9.17) is 8.54 Å². The molecule has 7 heteroatoms. The van der Waals surface area contributed by atoms with Crippen molar-refractivity contribution in [1.82, 2.24) is 0 Å². The van der Waals surface area contributed by atoms with E-state index in [1.807, 2.05) is 13.1 Å². The summed E-state index contributed by atoms with van der Waals surface area (Å²) in [5, 5.41) is 0. The van der Waals surface area contributed by atoms with Gasteiger partial charge in [0.25, 0.3) is 0 Å². The number of halogens is 3. The average Bonchev–Trinajstić information content (AvgIpc) is 1.99. The third-order valence-corrected chi connectivity index (χ3v) is 7.10. The molecule has 1 unspecified atom stereocenters. The van der Waals surface area contributed by atoms with Gasteiger partial charge >= 0.3 is 14.7 Å². The molecule has 0 fully saturated rings. The summed E-state index contributed by atoms with van der Waals surface area (Å²) in [5.74, 6) is 0. The summed E-state index contributed by atoms with van der Waals surface area (Å²) in [5.41, 5.74) is 0. The van der Waals surface area contributed by atoms with Crippen molar-refractivity contribution < 1.29 is 21.7 Å². The van der Waals surface area contributed by atoms with Crippen LogP contribution in [0, 0.1) is 0 Å². The van der Waals surface area contributed by atoms with Gasteiger partial charge in [0.05, 0.1) is 0 Å². The van der Waals surface area contributed by atoms with Gasteiger partial charge in [0.15, 0.2) is 9.04 Å². The second-order valence-corrected chi connectivity index (χ2v) is 9.27. The Morgan fingerprint density at radius 2 is 1.79 bits per heavy atom. The minimum atomic E-state index is -4.12. The summed E-state index contributed by atoms with van der Waals surface area (Å²) in [6.07, 6.45) is -4.94. The minimum absolute atomic E-state index is 0.0250. The van der Waals surface area contributed by atoms with Crippen LogP contribution in [-0.2, 0) is 8.54 Å². The van der Waals surface area contributed by atoms with Crippen LogP contribution in [0.25, 0.3) is 0 Å². The van der Waals surface area contributed by atoms with Crippen molar-refractivity contribution in [2.24, 2.45) is 0 Å². The molecule has 0 saturated heterocycles. The van der Waals surface area contributed by atoms with Gasteiger partial charge in [-0.3, -0.25) is 0 Å². The molecule has 85 valence electrons. The lowest BCUT2D eigenvalue weighted by Crippen LogP contribution is -2.42. The quantitative estimate of drug-likeness (QED) is 0.693. The summed E-state index contributed by atoms with van der Waals surface area (Å²) in [6, 6.07) is -0.0250. The van der Waals surface area contributed by atoms with Crippen LogP contribution < -0.4 is 0 Å². The number of rotatable bonds is 5. The zero-order valence-electron chi connectivity index (χ0n) is 8.86. The van der Waals surface area contributed by atoms with Crippen molar-refractivity contribution in [3.8, 4) is 0 Å². The maximum Gasteiger partial charge on any atom is 0.389 e. The third kappa shape index (κ3) is 6.58. The van der Waals surface area contributed by atoms with E-state index >= 15 is 0 Å². The lowest BCUT2D eigenvalue weighted by atomic mass is 10.5. The molecule has 0 heterocycles. The Labute approximate surface area is 85.4 Å². The molecule has 14 heavy (non-hydrogen) atoms. The van der Waals surface area contributed by atoms with Gasteiger partial charge in [-0.15, -0.1) is 0 Å². The molecule has 0 saturated carbocycles. The fourth-order valence-corrected chi connectivity index (χ4v) is 6.13. The lowest BCUT2D eigenvalue weighted by Gasteiger charge is -2.27. The summed E-state index contributed by atoms with van der Waals surface area (Å²) in [7, 11) is -2.15. The molecule has 0 aromatic carbocycles. The third-order valence-electron chi connectivity index (χ3n) is 1.71. The lowest BCUT2D eigenvalue weighted by molar-refractivity contribution is -0.131. The highest BCUT2D eigenvalue weighted by Gasteiger charge is 2.37. The summed E-state index contributed by atoms with van der Waals surface area (Å²) >= 11 is 0. The van der Waals surface area contributed by atoms with Crippen molar-refractivity contribution in [2.75, 3.05) is 7.11 Å². The van der Waals surface area contributed by atoms with Crippen LogP contribution >= 0.6 is 0 Å². The maximum absolute atomic E-state index is 12.0. The van der Waals surface area contributed by atoms with Crippen LogP contribution in [0.15, 0.2) is 0 Å². The van der Waals surface area contributed by atoms with E-state index in [2.05, 4.69) is 0 Å². The van der Waals surface area contributed by atoms with Crippen LogP contribution in [-0.4, -0.2) is 30.9 Å². The predicted molar refractivity (Wildman–Crippen MR) is 52.7 cm³/mol. The van der Waals surface area contributed by atoms with E-state index < -0.39 is 30.2 Å². The minimum Gasteiger partial charge on any atom is -0.436 e. The van der Waals surface area contributed by atoms with Gasteiger partial charge in [0.1, 0.15) is 0 Å². The summed E-state index contributed by atoms with van der Waals surface area (Å²) < 4.78 is 46.5. The molecule has 0 aliphatic carbocycles. The molecule has 2 nitrogen and oxygen atoms in total. The van der Waals surface area contributed by atoms with Crippen LogP contribution in [0.4, 0.5) is 13.2 Å². The molecule has 0 spiro atoms. The first kappa shape index (κ1) is 14.1. The molecule has 0 bridgehead atoms. The monoisotopic (exact) mass is 245 g/mol. The fraction of sp³-hybridized carbons (Fsp3) is 1.00. The first-order valence-electron chi connectivity index (χ1n) is 4.29. The first-order valence-corrected chi connectivity index (χ1v) is 9.23. The zero-order valence-corrected chi connectivity index (χ0v) is 10.9. The maximum atomic E-state index is 12.0. The standard InChI is InChI=1S/C7H16F3O2Si2/c1-11-14(4,12-13(2)3)6-5-7(8,9)10/h5-6H2,1-4H3. The molecule has 0 amide bonds. The average molecular weight is 245 g/mol. The van der Waals surface area contributed by atoms with Crippen LogP contribution in [0.3, 0.4) is 0 Å². The van der Waals surface area contributed by atoms with Crippen LogP contribution in [0.5, 0.6) is 0 Å². The molecule has 0 aliphatic heterocycles. The smallest absolute Gasteiger partial charge is 0.389 e. The Kier molecular flexibility index (Phi) is 5.34. The van der Waals surface area contributed by atoms with Crippen molar-refractivity contribution in [3.05, 3.63) is 0 Å². The highest BCUT2D eigenvalue weighted by Crippen LogP contribution is 2.27. The highest BCUT2D eigenvalue weighted by molar-refractivity contribution is 6.73. The second-order valence-electron chi connectivity index (χ2n) is 3.46. The van der Waals surface area contributed by atoms with Gasteiger partial charge < -0.3 is 8.54 Å². The van der Waals surface area contributed by atoms with Crippen molar-refractivity contribution in [1.29, 1.82) is 0 Å². The van der Waals surface area contributed by atoms with E-state index in [0.29, 0.717) is 0 Å². The molecule has 0 aromatic rings. The normalized spacial score (nSPS) is 17.1. The predicted octanol–water partition coefficient (Wildman–Crippen LogP) is 2.92. The van der Waals surface area contributed by atoms with Gasteiger partial charge in [0, 0.05) is 13.5 Å². The van der Waals surface area contributed by atoms with Crippen molar-refractivity contribution in [2.45, 2.75) is 38.3 Å². The largest absolute Gasteiger partial charge is 0.436 e. The van der Waals surface area contributed by atoms with Gasteiger partial charge in [0.2, 0.25) is 0 Å². The zero-order chi connectivity index (χ0) is 11.4. The Bertz CT molecular complexity index is 175. The Morgan fingerprint density at radius 3 is 2.07 bits per heavy atom. The van der Waals surface area contributed by atoms with E-state index in [9.17, 15) is 13.2 Å². The number of hydrogen-bond acceptors (Lipinski definition) is 2. The summed E-state index contributed by atoms with van der Waals surface area (Å²) in [6.45, 7) is 5.46. The molecular formula is C7H16F3O2Si2. The molecule has 0 rings (SSSR count). The van der Waals surface area contributed by atoms with Crippen LogP contribution in [0.1, 0.15) is 6.42 Å². The summed E-state index contributed by atoms with van der Waals surface area (Å²) in [4.78, 5) is 0. The van der Waals surface area contributed by atoms with E-state index in [-0.39, 0.29) is 6.04 Å². The van der Waals surface area contributed by atoms with Crippen molar-refractivity contribution in [3.63, 3.8) is 0 Å². The molecular weight excluding hydrogens is 229 g/mol. The van der Waals surface area contributed by atoms with Crippen LogP contribution in [0.2, 0.25) is 25.7 Å². The van der Waals surface area contributed by atoms with Gasteiger partial charge in [-0.25, -0.2) is 0 Å². The first-order chi connectivity index (χ1) is 6.18. The SMILES string of the molecule is CO[Si](C)(CCC(F)(F)F)O[Si](C)C. The topological polar surface area (TPSA) is 18.5 Å². The number of hydrogen-bond donors (Lipinski definition) is 0. The van der Waals surface area contributed by atoms with E-state index in [0.717, 1.165) is 0 Å². The fourth-order valence-electron chi connectivity index (χ4n) is 0.995. The van der Waals surface area contributed by atoms with E-state index in [1.165, 1.54) is 7.11 Å². The molecule has 1 atom stereocenters. The Balaban J connectivity index is 4.12. The second kappa shape index (κ2) is 5.29. The van der Waals surface area contributed by atoms with Gasteiger partial charge in [-0.2, -0.15) is 13.2 Å². The highest BCUT2D eigenvalue weighted by atomic mass is 28.4. The Hall–Kier alpha value is 0.144. The van der Waals surface area contributed by atoms with Gasteiger partial charge in [-0.05, 0) is 25.7 Å². The molecule has 0 N–H and O–H groups in total.